The van der Waals surface area contributed by atoms with E-state index in [1.807, 2.05) is 26.1 Å². The van der Waals surface area contributed by atoms with Crippen LogP contribution >= 0.6 is 0 Å². The predicted molar refractivity (Wildman–Crippen MR) is 80.6 cm³/mol. The summed E-state index contributed by atoms with van der Waals surface area (Å²) in [6.45, 7) is 1.85. The van der Waals surface area contributed by atoms with E-state index >= 15 is 0 Å². The van der Waals surface area contributed by atoms with Crippen molar-refractivity contribution >= 4 is 0 Å². The molecule has 1 unspecified atom stereocenters. The van der Waals surface area contributed by atoms with E-state index in [1.165, 1.54) is 0 Å². The Morgan fingerprint density at radius 1 is 1.05 bits per heavy atom. The second-order valence-electron chi connectivity index (χ2n) is 4.26. The molecule has 0 saturated heterocycles. The number of nitrogens with one attached hydrogen (secondary N) is 1. The van der Waals surface area contributed by atoms with Gasteiger partial charge in [0.2, 0.25) is 0 Å². The number of hydrogen-bond acceptors (Lipinski definition) is 4. The van der Waals surface area contributed by atoms with E-state index in [0.29, 0.717) is 11.5 Å². The highest BCUT2D eigenvalue weighted by molar-refractivity contribution is 5.51. The maximum atomic E-state index is 5.46. The lowest BCUT2D eigenvalue weighted by molar-refractivity contribution is 0.345. The van der Waals surface area contributed by atoms with Gasteiger partial charge < -0.3 is 19.5 Å². The zero-order valence-electron chi connectivity index (χ0n) is 12.9. The smallest absolute Gasteiger partial charge is 0.164 e. The van der Waals surface area contributed by atoms with Crippen molar-refractivity contribution < 1.29 is 14.2 Å². The van der Waals surface area contributed by atoms with Crippen molar-refractivity contribution in [2.75, 3.05) is 28.4 Å². The molecule has 20 heavy (non-hydrogen) atoms. The molecule has 1 atom stereocenters. The number of benzene rings is 1. The minimum Gasteiger partial charge on any atom is -0.496 e. The fourth-order valence-corrected chi connectivity index (χ4v) is 2.12. The van der Waals surface area contributed by atoms with E-state index < -0.39 is 0 Å². The third kappa shape index (κ3) is 3.82. The molecule has 0 heterocycles. The van der Waals surface area contributed by atoms with Gasteiger partial charge in [0.15, 0.2) is 11.5 Å². The van der Waals surface area contributed by atoms with Crippen LogP contribution in [-0.2, 0) is 0 Å². The molecule has 0 spiro atoms. The lowest BCUT2D eigenvalue weighted by atomic mass is 10.0. The summed E-state index contributed by atoms with van der Waals surface area (Å²) in [6, 6.07) is 3.97. The molecule has 0 saturated carbocycles. The van der Waals surface area contributed by atoms with Gasteiger partial charge in [0.25, 0.3) is 0 Å². The molecule has 1 N–H and O–H groups in total. The lowest BCUT2D eigenvalue weighted by Crippen LogP contribution is -2.17. The highest BCUT2D eigenvalue weighted by Crippen LogP contribution is 2.38. The van der Waals surface area contributed by atoms with Crippen molar-refractivity contribution in [1.82, 2.24) is 5.32 Å². The Balaban J connectivity index is 3.14. The van der Waals surface area contributed by atoms with Crippen molar-refractivity contribution in [3.63, 3.8) is 0 Å². The highest BCUT2D eigenvalue weighted by atomic mass is 16.5. The third-order valence-electron chi connectivity index (χ3n) is 3.19. The van der Waals surface area contributed by atoms with E-state index in [0.717, 1.165) is 24.2 Å². The first kappa shape index (κ1) is 16.2. The van der Waals surface area contributed by atoms with Gasteiger partial charge in [-0.15, -0.1) is 11.8 Å². The quantitative estimate of drug-likeness (QED) is 0.778. The summed E-state index contributed by atoms with van der Waals surface area (Å²) in [7, 11) is 6.83. The molecule has 1 aromatic carbocycles. The first-order valence-electron chi connectivity index (χ1n) is 6.58. The Labute approximate surface area is 121 Å². The molecular weight excluding hydrogens is 254 g/mol. The van der Waals surface area contributed by atoms with Crippen LogP contribution in [-0.4, -0.2) is 28.4 Å². The Hall–Kier alpha value is -1.86. The fraction of sp³-hybridized carbons (Fsp3) is 0.500. The van der Waals surface area contributed by atoms with E-state index in [-0.39, 0.29) is 6.04 Å². The summed E-state index contributed by atoms with van der Waals surface area (Å²) >= 11 is 0. The number of methoxy groups -OCH3 is 3. The molecule has 4 heteroatoms. The van der Waals surface area contributed by atoms with Gasteiger partial charge in [-0.2, -0.15) is 0 Å². The molecule has 4 nitrogen and oxygen atoms in total. The monoisotopic (exact) mass is 277 g/mol. The molecule has 0 fully saturated rings. The Kier molecular flexibility index (Phi) is 6.75. The highest BCUT2D eigenvalue weighted by Gasteiger charge is 2.18. The zero-order valence-corrected chi connectivity index (χ0v) is 12.9. The van der Waals surface area contributed by atoms with Crippen molar-refractivity contribution in [3.8, 4) is 29.1 Å². The summed E-state index contributed by atoms with van der Waals surface area (Å²) in [4.78, 5) is 0. The number of ether oxygens (including phenoxy) is 3. The molecule has 0 aliphatic carbocycles. The summed E-state index contributed by atoms with van der Waals surface area (Å²) in [5.41, 5.74) is 1.05. The van der Waals surface area contributed by atoms with Gasteiger partial charge in [-0.3, -0.25) is 0 Å². The third-order valence-corrected chi connectivity index (χ3v) is 3.19. The van der Waals surface area contributed by atoms with Gasteiger partial charge in [-0.25, -0.2) is 0 Å². The molecule has 0 radical (unpaired) electrons. The average molecular weight is 277 g/mol. The van der Waals surface area contributed by atoms with Crippen LogP contribution in [0.5, 0.6) is 17.2 Å². The maximum absolute atomic E-state index is 5.46. The minimum absolute atomic E-state index is 0.158. The van der Waals surface area contributed by atoms with Crippen molar-refractivity contribution in [1.29, 1.82) is 0 Å². The first-order valence-corrected chi connectivity index (χ1v) is 6.58. The summed E-state index contributed by atoms with van der Waals surface area (Å²) in [5.74, 6) is 8.15. The van der Waals surface area contributed by atoms with Crippen LogP contribution in [0.2, 0.25) is 0 Å². The topological polar surface area (TPSA) is 39.7 Å². The van der Waals surface area contributed by atoms with Crippen LogP contribution in [0.3, 0.4) is 0 Å². The SMILES string of the molecule is CC#CCCC(NC)c1cc(OC)c(OC)cc1OC. The molecule has 0 aromatic heterocycles. The van der Waals surface area contributed by atoms with Gasteiger partial charge >= 0.3 is 0 Å². The predicted octanol–water partition coefficient (Wildman–Crippen LogP) is 2.78. The van der Waals surface area contributed by atoms with Gasteiger partial charge in [-0.1, -0.05) is 0 Å². The molecular formula is C16H23NO3. The molecule has 0 amide bonds. The van der Waals surface area contributed by atoms with Gasteiger partial charge in [0, 0.05) is 24.1 Å². The molecule has 110 valence electrons. The number of hydrogen-bond donors (Lipinski definition) is 1. The van der Waals surface area contributed by atoms with Gasteiger partial charge in [0.1, 0.15) is 5.75 Å². The van der Waals surface area contributed by atoms with Crippen LogP contribution < -0.4 is 19.5 Å². The number of rotatable bonds is 7. The van der Waals surface area contributed by atoms with Gasteiger partial charge in [-0.05, 0) is 26.5 Å². The van der Waals surface area contributed by atoms with Crippen LogP contribution in [0, 0.1) is 11.8 Å². The van der Waals surface area contributed by atoms with Crippen LogP contribution in [0.1, 0.15) is 31.4 Å². The molecule has 1 aromatic rings. The molecule has 0 aliphatic rings. The molecule has 0 aliphatic heterocycles. The standard InChI is InChI=1S/C16H23NO3/c1-6-7-8-9-13(17-2)12-10-15(19-4)16(20-5)11-14(12)18-3/h10-11,13,17H,8-9H2,1-5H3. The maximum Gasteiger partial charge on any atom is 0.164 e. The van der Waals surface area contributed by atoms with Crippen LogP contribution in [0.25, 0.3) is 0 Å². The average Bonchev–Trinajstić information content (AvgIpc) is 2.50. The van der Waals surface area contributed by atoms with Crippen molar-refractivity contribution in [3.05, 3.63) is 17.7 Å². The fourth-order valence-electron chi connectivity index (χ4n) is 2.12. The van der Waals surface area contributed by atoms with Crippen molar-refractivity contribution in [2.24, 2.45) is 0 Å². The normalized spacial score (nSPS) is 11.2. The summed E-state index contributed by atoms with van der Waals surface area (Å²) < 4.78 is 16.1. The summed E-state index contributed by atoms with van der Waals surface area (Å²) in [5, 5.41) is 3.30. The molecule has 1 rings (SSSR count). The van der Waals surface area contributed by atoms with Crippen molar-refractivity contribution in [2.45, 2.75) is 25.8 Å². The summed E-state index contributed by atoms with van der Waals surface area (Å²) in [6.07, 6.45) is 1.74. The van der Waals surface area contributed by atoms with E-state index in [2.05, 4.69) is 17.2 Å². The Morgan fingerprint density at radius 2 is 1.65 bits per heavy atom. The van der Waals surface area contributed by atoms with E-state index in [9.17, 15) is 0 Å². The minimum atomic E-state index is 0.158. The zero-order chi connectivity index (χ0) is 15.0. The second-order valence-corrected chi connectivity index (χ2v) is 4.26. The second kappa shape index (κ2) is 8.34. The van der Waals surface area contributed by atoms with E-state index in [4.69, 9.17) is 14.2 Å². The van der Waals surface area contributed by atoms with E-state index in [1.54, 1.807) is 21.3 Å². The lowest BCUT2D eigenvalue weighted by Gasteiger charge is -2.20. The largest absolute Gasteiger partial charge is 0.496 e. The van der Waals surface area contributed by atoms with Crippen LogP contribution in [0.15, 0.2) is 12.1 Å². The molecule has 0 bridgehead atoms. The van der Waals surface area contributed by atoms with Crippen LogP contribution in [0.4, 0.5) is 0 Å². The van der Waals surface area contributed by atoms with Gasteiger partial charge in [0.05, 0.1) is 21.3 Å². The Bertz CT molecular complexity index is 488. The Morgan fingerprint density at radius 3 is 2.15 bits per heavy atom. The first-order chi connectivity index (χ1) is 9.71.